The number of anilines is 1. The van der Waals surface area contributed by atoms with Crippen LogP contribution < -0.4 is 10.6 Å². The van der Waals surface area contributed by atoms with E-state index in [1.165, 1.54) is 24.3 Å². The van der Waals surface area contributed by atoms with E-state index in [9.17, 15) is 9.18 Å². The van der Waals surface area contributed by atoms with Crippen LogP contribution in [-0.4, -0.2) is 16.0 Å². The predicted molar refractivity (Wildman–Crippen MR) is 110 cm³/mol. The van der Waals surface area contributed by atoms with E-state index in [2.05, 4.69) is 15.6 Å². The van der Waals surface area contributed by atoms with E-state index in [0.29, 0.717) is 28.3 Å². The molecule has 4 rings (SSSR count). The first kappa shape index (κ1) is 17.8. The van der Waals surface area contributed by atoms with Gasteiger partial charge in [0, 0.05) is 5.56 Å². The van der Waals surface area contributed by atoms with Crippen LogP contribution in [0.4, 0.5) is 10.1 Å². The second kappa shape index (κ2) is 7.58. The summed E-state index contributed by atoms with van der Waals surface area (Å²) in [6.45, 7) is 0. The minimum absolute atomic E-state index is 0.109. The molecule has 0 fully saturated rings. The highest BCUT2D eigenvalue weighted by atomic mass is 32.1. The van der Waals surface area contributed by atoms with Gasteiger partial charge in [0.25, 0.3) is 5.91 Å². The molecule has 1 amide bonds. The molecule has 0 aliphatic carbocycles. The first-order valence-electron chi connectivity index (χ1n) is 8.43. The van der Waals surface area contributed by atoms with Crippen LogP contribution in [0.25, 0.3) is 22.6 Å². The SMILES string of the molecule is O=C(NC(=S)Nc1ccccc1-c1nc2ccccc2o1)c1ccc(F)cc1. The average Bonchev–Trinajstić information content (AvgIpc) is 3.12. The van der Waals surface area contributed by atoms with E-state index < -0.39 is 11.7 Å². The lowest BCUT2D eigenvalue weighted by atomic mass is 10.2. The molecule has 5 nitrogen and oxygen atoms in total. The van der Waals surface area contributed by atoms with Crippen LogP contribution in [0.1, 0.15) is 10.4 Å². The van der Waals surface area contributed by atoms with Crippen LogP contribution in [0.2, 0.25) is 0 Å². The number of thiocarbonyl (C=S) groups is 1. The summed E-state index contributed by atoms with van der Waals surface area (Å²) < 4.78 is 18.8. The van der Waals surface area contributed by atoms with Gasteiger partial charge < -0.3 is 9.73 Å². The molecule has 0 bridgehead atoms. The fourth-order valence-electron chi connectivity index (χ4n) is 2.70. The molecule has 7 heteroatoms. The number of rotatable bonds is 3. The van der Waals surface area contributed by atoms with Gasteiger partial charge in [-0.3, -0.25) is 10.1 Å². The molecule has 0 aliphatic rings. The number of hydrogen-bond donors (Lipinski definition) is 2. The van der Waals surface area contributed by atoms with Crippen LogP contribution in [0, 0.1) is 5.82 Å². The fourth-order valence-corrected chi connectivity index (χ4v) is 2.90. The van der Waals surface area contributed by atoms with Crippen molar-refractivity contribution in [3.05, 3.63) is 84.2 Å². The molecular weight excluding hydrogens is 377 g/mol. The molecule has 0 radical (unpaired) electrons. The lowest BCUT2D eigenvalue weighted by Crippen LogP contribution is -2.34. The van der Waals surface area contributed by atoms with Crippen LogP contribution in [0.5, 0.6) is 0 Å². The standard InChI is InChI=1S/C21H14FN3O2S/c22-14-11-9-13(10-12-14)19(26)25-21(28)24-16-6-2-1-5-15(16)20-23-17-7-3-4-8-18(17)27-20/h1-12H,(H2,24,25,26,28). The zero-order chi connectivity index (χ0) is 19.5. The number of para-hydroxylation sites is 3. The van der Waals surface area contributed by atoms with Crippen molar-refractivity contribution in [3.8, 4) is 11.5 Å². The Morgan fingerprint density at radius 2 is 1.68 bits per heavy atom. The minimum atomic E-state index is -0.433. The van der Waals surface area contributed by atoms with Crippen molar-refractivity contribution < 1.29 is 13.6 Å². The molecule has 0 atom stereocenters. The number of nitrogens with one attached hydrogen (secondary N) is 2. The van der Waals surface area contributed by atoms with Gasteiger partial charge in [0.05, 0.1) is 11.3 Å². The Balaban J connectivity index is 1.54. The maximum Gasteiger partial charge on any atom is 0.257 e. The highest BCUT2D eigenvalue weighted by Crippen LogP contribution is 2.29. The van der Waals surface area contributed by atoms with Gasteiger partial charge in [0.2, 0.25) is 5.89 Å². The highest BCUT2D eigenvalue weighted by molar-refractivity contribution is 7.80. The number of aromatic nitrogens is 1. The van der Waals surface area contributed by atoms with Crippen LogP contribution >= 0.6 is 12.2 Å². The fraction of sp³-hybridized carbons (Fsp3) is 0. The molecule has 3 aromatic carbocycles. The molecule has 0 spiro atoms. The van der Waals surface area contributed by atoms with Gasteiger partial charge in [-0.15, -0.1) is 0 Å². The van der Waals surface area contributed by atoms with E-state index >= 15 is 0 Å². The van der Waals surface area contributed by atoms with E-state index in [1.807, 2.05) is 42.5 Å². The van der Waals surface area contributed by atoms with Crippen LogP contribution in [0.15, 0.2) is 77.2 Å². The Kier molecular flexibility index (Phi) is 4.82. The van der Waals surface area contributed by atoms with Gasteiger partial charge in [0.1, 0.15) is 11.3 Å². The molecule has 0 saturated carbocycles. The van der Waals surface area contributed by atoms with Crippen LogP contribution in [-0.2, 0) is 0 Å². The molecule has 4 aromatic rings. The first-order chi connectivity index (χ1) is 13.6. The molecule has 138 valence electrons. The Morgan fingerprint density at radius 1 is 0.964 bits per heavy atom. The van der Waals surface area contributed by atoms with Crippen molar-refractivity contribution in [1.82, 2.24) is 10.3 Å². The number of hydrogen-bond acceptors (Lipinski definition) is 4. The monoisotopic (exact) mass is 391 g/mol. The number of amides is 1. The van der Waals surface area contributed by atoms with Crippen molar-refractivity contribution in [1.29, 1.82) is 0 Å². The van der Waals surface area contributed by atoms with Crippen LogP contribution in [0.3, 0.4) is 0 Å². The lowest BCUT2D eigenvalue weighted by Gasteiger charge is -2.12. The van der Waals surface area contributed by atoms with Gasteiger partial charge in [0.15, 0.2) is 10.7 Å². The average molecular weight is 391 g/mol. The van der Waals surface area contributed by atoms with E-state index in [0.717, 1.165) is 5.52 Å². The van der Waals surface area contributed by atoms with Crippen molar-refractivity contribution in [3.63, 3.8) is 0 Å². The summed E-state index contributed by atoms with van der Waals surface area (Å²) in [7, 11) is 0. The van der Waals surface area contributed by atoms with Crippen molar-refractivity contribution in [2.24, 2.45) is 0 Å². The number of fused-ring (bicyclic) bond motifs is 1. The summed E-state index contributed by atoms with van der Waals surface area (Å²) in [6, 6.07) is 20.0. The van der Waals surface area contributed by atoms with Gasteiger partial charge in [-0.1, -0.05) is 24.3 Å². The summed E-state index contributed by atoms with van der Waals surface area (Å²) >= 11 is 5.24. The largest absolute Gasteiger partial charge is 0.436 e. The maximum absolute atomic E-state index is 13.0. The Bertz CT molecular complexity index is 1140. The molecule has 1 aromatic heterocycles. The number of carbonyl (C=O) groups excluding carboxylic acids is 1. The van der Waals surface area contributed by atoms with E-state index in [4.69, 9.17) is 16.6 Å². The number of benzene rings is 3. The zero-order valence-electron chi connectivity index (χ0n) is 14.5. The Labute approximate surface area is 165 Å². The van der Waals surface area contributed by atoms with Crippen molar-refractivity contribution in [2.45, 2.75) is 0 Å². The maximum atomic E-state index is 13.0. The first-order valence-corrected chi connectivity index (χ1v) is 8.84. The normalized spacial score (nSPS) is 10.6. The highest BCUT2D eigenvalue weighted by Gasteiger charge is 2.14. The van der Waals surface area contributed by atoms with Gasteiger partial charge in [-0.05, 0) is 60.7 Å². The van der Waals surface area contributed by atoms with Crippen molar-refractivity contribution in [2.75, 3.05) is 5.32 Å². The Hall–Kier alpha value is -3.58. The molecule has 0 saturated heterocycles. The third-order valence-corrected chi connectivity index (χ3v) is 4.24. The Morgan fingerprint density at radius 3 is 2.46 bits per heavy atom. The summed E-state index contributed by atoms with van der Waals surface area (Å²) in [4.78, 5) is 16.7. The second-order valence-electron chi connectivity index (χ2n) is 5.95. The molecule has 28 heavy (non-hydrogen) atoms. The van der Waals surface area contributed by atoms with Crippen molar-refractivity contribution >= 4 is 40.0 Å². The smallest absolute Gasteiger partial charge is 0.257 e. The van der Waals surface area contributed by atoms with Gasteiger partial charge >= 0.3 is 0 Å². The quantitative estimate of drug-likeness (QED) is 0.493. The minimum Gasteiger partial charge on any atom is -0.436 e. The molecule has 0 aliphatic heterocycles. The van der Waals surface area contributed by atoms with Gasteiger partial charge in [-0.2, -0.15) is 0 Å². The number of halogens is 1. The summed E-state index contributed by atoms with van der Waals surface area (Å²) in [5.41, 5.74) is 3.08. The summed E-state index contributed by atoms with van der Waals surface area (Å²) in [6.07, 6.45) is 0. The lowest BCUT2D eigenvalue weighted by molar-refractivity contribution is 0.0977. The summed E-state index contributed by atoms with van der Waals surface area (Å²) in [5, 5.41) is 5.68. The molecule has 1 heterocycles. The zero-order valence-corrected chi connectivity index (χ0v) is 15.3. The number of oxazole rings is 1. The topological polar surface area (TPSA) is 67.2 Å². The third kappa shape index (κ3) is 3.74. The third-order valence-electron chi connectivity index (χ3n) is 4.03. The molecule has 2 N–H and O–H groups in total. The predicted octanol–water partition coefficient (Wildman–Crippen LogP) is 4.76. The molecule has 0 unspecified atom stereocenters. The van der Waals surface area contributed by atoms with E-state index in [1.54, 1.807) is 6.07 Å². The number of nitrogens with zero attached hydrogens (tertiary/aromatic N) is 1. The molecular formula is C21H14FN3O2S. The van der Waals surface area contributed by atoms with Gasteiger partial charge in [-0.25, -0.2) is 9.37 Å². The summed E-state index contributed by atoms with van der Waals surface area (Å²) in [5.74, 6) is -0.404. The van der Waals surface area contributed by atoms with E-state index in [-0.39, 0.29) is 5.11 Å². The number of carbonyl (C=O) groups is 1. The second-order valence-corrected chi connectivity index (χ2v) is 6.36.